The van der Waals surface area contributed by atoms with E-state index in [-0.39, 0.29) is 0 Å². The van der Waals surface area contributed by atoms with Gasteiger partial charge in [-0.15, -0.1) is 0 Å². The summed E-state index contributed by atoms with van der Waals surface area (Å²) >= 11 is 0. The second kappa shape index (κ2) is 7.04. The highest BCUT2D eigenvalue weighted by molar-refractivity contribution is 5.42. The van der Waals surface area contributed by atoms with E-state index in [1.54, 1.807) is 0 Å². The van der Waals surface area contributed by atoms with Crippen LogP contribution in [-0.2, 0) is 6.54 Å². The molecule has 2 rings (SSSR count). The van der Waals surface area contributed by atoms with Gasteiger partial charge >= 0.3 is 0 Å². The number of hydrogen-bond donors (Lipinski definition) is 1. The fraction of sp³-hybridized carbons (Fsp3) is 0.688. The Bertz CT molecular complexity index is 422. The highest BCUT2D eigenvalue weighted by atomic mass is 15.3. The SMILES string of the molecule is CNCc1ccc(N2CCN(CC(C)C)CC2)nc1C. The molecule has 0 unspecified atom stereocenters. The molecule has 0 spiro atoms. The van der Waals surface area contributed by atoms with Gasteiger partial charge in [-0.2, -0.15) is 0 Å². The number of aryl methyl sites for hydroxylation is 1. The molecule has 0 aromatic carbocycles. The molecule has 0 radical (unpaired) electrons. The van der Waals surface area contributed by atoms with Crippen molar-refractivity contribution < 1.29 is 0 Å². The van der Waals surface area contributed by atoms with Crippen molar-refractivity contribution >= 4 is 5.82 Å². The number of nitrogens with zero attached hydrogens (tertiary/aromatic N) is 3. The summed E-state index contributed by atoms with van der Waals surface area (Å²) in [4.78, 5) is 9.74. The molecular weight excluding hydrogens is 248 g/mol. The van der Waals surface area contributed by atoms with E-state index in [1.165, 1.54) is 12.1 Å². The number of aromatic nitrogens is 1. The number of pyridine rings is 1. The summed E-state index contributed by atoms with van der Waals surface area (Å²) in [6, 6.07) is 4.37. The van der Waals surface area contributed by atoms with Gasteiger partial charge < -0.3 is 10.2 Å². The first-order valence-electron chi connectivity index (χ1n) is 7.68. The number of nitrogens with one attached hydrogen (secondary N) is 1. The molecule has 1 aromatic rings. The van der Waals surface area contributed by atoms with Crippen molar-refractivity contribution in [2.75, 3.05) is 44.7 Å². The third-order valence-electron chi connectivity index (χ3n) is 3.87. The Labute approximate surface area is 123 Å². The first kappa shape index (κ1) is 15.3. The summed E-state index contributed by atoms with van der Waals surface area (Å²) < 4.78 is 0. The van der Waals surface area contributed by atoms with Gasteiger partial charge in [-0.1, -0.05) is 19.9 Å². The molecule has 0 saturated carbocycles. The molecule has 1 aromatic heterocycles. The monoisotopic (exact) mass is 276 g/mol. The lowest BCUT2D eigenvalue weighted by Gasteiger charge is -2.36. The molecule has 4 heteroatoms. The maximum atomic E-state index is 4.77. The second-order valence-corrected chi connectivity index (χ2v) is 6.13. The lowest BCUT2D eigenvalue weighted by Crippen LogP contribution is -2.47. The molecule has 1 saturated heterocycles. The average Bonchev–Trinajstić information content (AvgIpc) is 2.41. The van der Waals surface area contributed by atoms with Crippen LogP contribution in [-0.4, -0.2) is 49.7 Å². The Morgan fingerprint density at radius 2 is 1.90 bits per heavy atom. The summed E-state index contributed by atoms with van der Waals surface area (Å²) in [5.74, 6) is 1.88. The third kappa shape index (κ3) is 3.93. The minimum Gasteiger partial charge on any atom is -0.354 e. The van der Waals surface area contributed by atoms with E-state index in [9.17, 15) is 0 Å². The van der Waals surface area contributed by atoms with Crippen LogP contribution in [0, 0.1) is 12.8 Å². The van der Waals surface area contributed by atoms with E-state index >= 15 is 0 Å². The zero-order valence-corrected chi connectivity index (χ0v) is 13.3. The third-order valence-corrected chi connectivity index (χ3v) is 3.87. The predicted molar refractivity (Wildman–Crippen MR) is 85.2 cm³/mol. The van der Waals surface area contributed by atoms with Crippen molar-refractivity contribution in [3.63, 3.8) is 0 Å². The average molecular weight is 276 g/mol. The van der Waals surface area contributed by atoms with Crippen LogP contribution in [0.2, 0.25) is 0 Å². The molecule has 0 aliphatic carbocycles. The van der Waals surface area contributed by atoms with Crippen LogP contribution < -0.4 is 10.2 Å². The number of piperazine rings is 1. The van der Waals surface area contributed by atoms with E-state index in [0.29, 0.717) is 0 Å². The standard InChI is InChI=1S/C16H28N4/c1-13(2)12-19-7-9-20(10-8-19)16-6-5-15(11-17-4)14(3)18-16/h5-6,13,17H,7-12H2,1-4H3. The van der Waals surface area contributed by atoms with Crippen molar-refractivity contribution in [3.05, 3.63) is 23.4 Å². The van der Waals surface area contributed by atoms with Gasteiger partial charge in [-0.3, -0.25) is 4.90 Å². The predicted octanol–water partition coefficient (Wildman–Crippen LogP) is 1.89. The van der Waals surface area contributed by atoms with E-state index < -0.39 is 0 Å². The summed E-state index contributed by atoms with van der Waals surface area (Å²) in [5, 5.41) is 3.19. The van der Waals surface area contributed by atoms with Crippen LogP contribution in [0.3, 0.4) is 0 Å². The van der Waals surface area contributed by atoms with Crippen LogP contribution >= 0.6 is 0 Å². The first-order valence-corrected chi connectivity index (χ1v) is 7.68. The normalized spacial score (nSPS) is 16.9. The molecule has 1 aliphatic heterocycles. The van der Waals surface area contributed by atoms with Gasteiger partial charge in [0.1, 0.15) is 5.82 Å². The van der Waals surface area contributed by atoms with Crippen molar-refractivity contribution in [2.24, 2.45) is 5.92 Å². The quantitative estimate of drug-likeness (QED) is 0.890. The molecule has 1 aliphatic rings. The second-order valence-electron chi connectivity index (χ2n) is 6.13. The maximum Gasteiger partial charge on any atom is 0.128 e. The lowest BCUT2D eigenvalue weighted by atomic mass is 10.1. The molecule has 20 heavy (non-hydrogen) atoms. The highest BCUT2D eigenvalue weighted by Crippen LogP contribution is 2.17. The Kier molecular flexibility index (Phi) is 5.38. The molecule has 1 N–H and O–H groups in total. The van der Waals surface area contributed by atoms with Gasteiger partial charge in [0.15, 0.2) is 0 Å². The Morgan fingerprint density at radius 3 is 2.45 bits per heavy atom. The van der Waals surface area contributed by atoms with Gasteiger partial charge in [-0.25, -0.2) is 4.98 Å². The van der Waals surface area contributed by atoms with E-state index in [2.05, 4.69) is 48.0 Å². The molecule has 0 bridgehead atoms. The summed E-state index contributed by atoms with van der Waals surface area (Å²) in [7, 11) is 1.97. The lowest BCUT2D eigenvalue weighted by molar-refractivity contribution is 0.231. The Balaban J connectivity index is 1.95. The zero-order chi connectivity index (χ0) is 14.5. The Morgan fingerprint density at radius 1 is 1.20 bits per heavy atom. The first-order chi connectivity index (χ1) is 9.60. The van der Waals surface area contributed by atoms with Gasteiger partial charge in [0.2, 0.25) is 0 Å². The number of hydrogen-bond acceptors (Lipinski definition) is 4. The van der Waals surface area contributed by atoms with Crippen molar-refractivity contribution in [1.82, 2.24) is 15.2 Å². The van der Waals surface area contributed by atoms with Crippen molar-refractivity contribution in [1.29, 1.82) is 0 Å². The summed E-state index contributed by atoms with van der Waals surface area (Å²) in [6.45, 7) is 13.3. The molecule has 4 nitrogen and oxygen atoms in total. The van der Waals surface area contributed by atoms with Crippen LogP contribution in [0.15, 0.2) is 12.1 Å². The van der Waals surface area contributed by atoms with Crippen LogP contribution in [0.25, 0.3) is 0 Å². The van der Waals surface area contributed by atoms with E-state index in [1.807, 2.05) is 7.05 Å². The molecule has 112 valence electrons. The minimum absolute atomic E-state index is 0.753. The minimum atomic E-state index is 0.753. The van der Waals surface area contributed by atoms with Crippen LogP contribution in [0.4, 0.5) is 5.82 Å². The maximum absolute atomic E-state index is 4.77. The van der Waals surface area contributed by atoms with Gasteiger partial charge in [0.05, 0.1) is 0 Å². The Hall–Kier alpha value is -1.13. The number of anilines is 1. The van der Waals surface area contributed by atoms with Crippen molar-refractivity contribution in [2.45, 2.75) is 27.3 Å². The number of rotatable bonds is 5. The molecule has 0 amide bonds. The summed E-state index contributed by atoms with van der Waals surface area (Å²) in [5.41, 5.74) is 2.43. The van der Waals surface area contributed by atoms with Gasteiger partial charge in [-0.05, 0) is 31.5 Å². The largest absolute Gasteiger partial charge is 0.354 e. The zero-order valence-electron chi connectivity index (χ0n) is 13.3. The fourth-order valence-electron chi connectivity index (χ4n) is 2.81. The topological polar surface area (TPSA) is 31.4 Å². The highest BCUT2D eigenvalue weighted by Gasteiger charge is 2.18. The molecule has 2 heterocycles. The fourth-order valence-corrected chi connectivity index (χ4v) is 2.81. The molecule has 0 atom stereocenters. The van der Waals surface area contributed by atoms with Crippen LogP contribution in [0.1, 0.15) is 25.1 Å². The van der Waals surface area contributed by atoms with Gasteiger partial charge in [0.25, 0.3) is 0 Å². The van der Waals surface area contributed by atoms with E-state index in [0.717, 1.165) is 50.2 Å². The van der Waals surface area contributed by atoms with Gasteiger partial charge in [0, 0.05) is 45.0 Å². The van der Waals surface area contributed by atoms with Crippen LogP contribution in [0.5, 0.6) is 0 Å². The smallest absolute Gasteiger partial charge is 0.128 e. The van der Waals surface area contributed by atoms with E-state index in [4.69, 9.17) is 4.98 Å². The molecular formula is C16H28N4. The van der Waals surface area contributed by atoms with Crippen molar-refractivity contribution in [3.8, 4) is 0 Å². The molecule has 1 fully saturated rings. The summed E-state index contributed by atoms with van der Waals surface area (Å²) in [6.07, 6.45) is 0.